The lowest BCUT2D eigenvalue weighted by Gasteiger charge is -2.43. The summed E-state index contributed by atoms with van der Waals surface area (Å²) in [4.78, 5) is 3.74. The summed E-state index contributed by atoms with van der Waals surface area (Å²) in [6.07, 6.45) is 5.46. The molecule has 0 saturated carbocycles. The Balaban J connectivity index is 1.54. The fourth-order valence-electron chi connectivity index (χ4n) is 5.07. The molecular formula is C33H39NOSSi. The van der Waals surface area contributed by atoms with Crippen LogP contribution in [0.3, 0.4) is 0 Å². The number of rotatable bonds is 11. The number of hydrogen-bond acceptors (Lipinski definition) is 3. The van der Waals surface area contributed by atoms with Crippen molar-refractivity contribution >= 4 is 47.9 Å². The standard InChI is InChI=1S/C33H39NOSSi/c1-5-24-34(29-21-18-28(19-22-29)20-23-30-13-12-27-36-30)25-26-35-37(33(2,3)4,31-14-8-6-9-15-31)32-16-10-7-11-17-32/h6-23,27H,5,24-26H2,1-4H3. The molecule has 3 aromatic carbocycles. The normalized spacial score (nSPS) is 12.2. The zero-order valence-corrected chi connectivity index (χ0v) is 24.4. The van der Waals surface area contributed by atoms with E-state index in [4.69, 9.17) is 4.43 Å². The predicted molar refractivity (Wildman–Crippen MR) is 166 cm³/mol. The Morgan fingerprint density at radius 1 is 0.757 bits per heavy atom. The van der Waals surface area contributed by atoms with Crippen molar-refractivity contribution in [2.45, 2.75) is 39.2 Å². The molecule has 0 aliphatic rings. The average molecular weight is 526 g/mol. The van der Waals surface area contributed by atoms with Crippen molar-refractivity contribution < 1.29 is 4.43 Å². The van der Waals surface area contributed by atoms with Crippen molar-refractivity contribution in [3.05, 3.63) is 113 Å². The van der Waals surface area contributed by atoms with E-state index < -0.39 is 8.32 Å². The maximum atomic E-state index is 7.16. The van der Waals surface area contributed by atoms with E-state index >= 15 is 0 Å². The minimum atomic E-state index is -2.52. The number of benzene rings is 3. The number of anilines is 1. The molecule has 0 saturated heterocycles. The van der Waals surface area contributed by atoms with Crippen LogP contribution in [0.25, 0.3) is 12.2 Å². The molecule has 0 atom stereocenters. The molecule has 0 aliphatic carbocycles. The summed E-state index contributed by atoms with van der Waals surface area (Å²) in [6.45, 7) is 11.8. The molecular weight excluding hydrogens is 487 g/mol. The zero-order chi connectivity index (χ0) is 26.1. The van der Waals surface area contributed by atoms with Gasteiger partial charge < -0.3 is 9.33 Å². The average Bonchev–Trinajstić information content (AvgIpc) is 3.44. The van der Waals surface area contributed by atoms with Crippen LogP contribution in [0.15, 0.2) is 102 Å². The van der Waals surface area contributed by atoms with Gasteiger partial charge >= 0.3 is 0 Å². The molecule has 0 amide bonds. The number of nitrogens with zero attached hydrogens (tertiary/aromatic N) is 1. The fourth-order valence-corrected chi connectivity index (χ4v) is 10.2. The Morgan fingerprint density at radius 2 is 1.38 bits per heavy atom. The summed E-state index contributed by atoms with van der Waals surface area (Å²) in [5.41, 5.74) is 2.47. The van der Waals surface area contributed by atoms with Gasteiger partial charge in [-0.25, -0.2) is 0 Å². The third-order valence-corrected chi connectivity index (χ3v) is 12.7. The van der Waals surface area contributed by atoms with E-state index in [1.807, 2.05) is 0 Å². The molecule has 4 rings (SSSR count). The first kappa shape index (κ1) is 27.1. The topological polar surface area (TPSA) is 12.5 Å². The Morgan fingerprint density at radius 3 is 1.89 bits per heavy atom. The third-order valence-electron chi connectivity index (χ3n) is 6.83. The molecule has 0 aliphatic heterocycles. The van der Waals surface area contributed by atoms with Crippen molar-refractivity contribution in [1.82, 2.24) is 0 Å². The maximum absolute atomic E-state index is 7.16. The molecule has 1 aromatic heterocycles. The van der Waals surface area contributed by atoms with Crippen LogP contribution in [-0.2, 0) is 4.43 Å². The highest BCUT2D eigenvalue weighted by Crippen LogP contribution is 2.36. The van der Waals surface area contributed by atoms with Crippen LogP contribution in [-0.4, -0.2) is 28.0 Å². The van der Waals surface area contributed by atoms with Gasteiger partial charge in [0.1, 0.15) is 0 Å². The van der Waals surface area contributed by atoms with E-state index in [0.29, 0.717) is 6.61 Å². The molecule has 1 heterocycles. The van der Waals surface area contributed by atoms with Crippen LogP contribution >= 0.6 is 11.3 Å². The molecule has 192 valence electrons. The molecule has 0 spiro atoms. The zero-order valence-electron chi connectivity index (χ0n) is 22.6. The van der Waals surface area contributed by atoms with Crippen molar-refractivity contribution in [1.29, 1.82) is 0 Å². The van der Waals surface area contributed by atoms with Crippen molar-refractivity contribution in [3.63, 3.8) is 0 Å². The van der Waals surface area contributed by atoms with Gasteiger partial charge in [0.25, 0.3) is 8.32 Å². The van der Waals surface area contributed by atoms with Gasteiger partial charge in [-0.1, -0.05) is 113 Å². The summed E-state index contributed by atoms with van der Waals surface area (Å²) in [7, 11) is -2.52. The van der Waals surface area contributed by atoms with Gasteiger partial charge in [-0.15, -0.1) is 11.3 Å². The lowest BCUT2D eigenvalue weighted by atomic mass is 10.1. The smallest absolute Gasteiger partial charge is 0.261 e. The van der Waals surface area contributed by atoms with Gasteiger partial charge in [0, 0.05) is 23.7 Å². The van der Waals surface area contributed by atoms with Crippen molar-refractivity contribution in [3.8, 4) is 0 Å². The van der Waals surface area contributed by atoms with Crippen molar-refractivity contribution in [2.75, 3.05) is 24.6 Å². The molecule has 0 unspecified atom stereocenters. The highest BCUT2D eigenvalue weighted by atomic mass is 32.1. The highest BCUT2D eigenvalue weighted by molar-refractivity contribution is 7.10. The largest absolute Gasteiger partial charge is 0.406 e. The summed E-state index contributed by atoms with van der Waals surface area (Å²) < 4.78 is 7.16. The SMILES string of the molecule is CCCN(CCO[Si](c1ccccc1)(c1ccccc1)C(C)(C)C)c1ccc(C=Cc2cccs2)cc1. The van der Waals surface area contributed by atoms with E-state index in [-0.39, 0.29) is 5.04 Å². The first-order valence-electron chi connectivity index (χ1n) is 13.3. The van der Waals surface area contributed by atoms with Crippen LogP contribution < -0.4 is 15.3 Å². The van der Waals surface area contributed by atoms with Crippen LogP contribution in [0.5, 0.6) is 0 Å². The Bertz CT molecular complexity index is 1190. The van der Waals surface area contributed by atoms with Gasteiger partial charge in [0.2, 0.25) is 0 Å². The van der Waals surface area contributed by atoms with Gasteiger partial charge in [0.05, 0.1) is 6.61 Å². The highest BCUT2D eigenvalue weighted by Gasteiger charge is 2.50. The monoisotopic (exact) mass is 525 g/mol. The van der Waals surface area contributed by atoms with E-state index in [0.717, 1.165) is 19.5 Å². The molecule has 0 radical (unpaired) electrons. The molecule has 4 aromatic rings. The lowest BCUT2D eigenvalue weighted by molar-refractivity contribution is 0.304. The third kappa shape index (κ3) is 6.51. The molecule has 0 fully saturated rings. The predicted octanol–water partition coefficient (Wildman–Crippen LogP) is 7.71. The summed E-state index contributed by atoms with van der Waals surface area (Å²) in [6, 6.07) is 35.0. The van der Waals surface area contributed by atoms with Gasteiger partial charge in [0.15, 0.2) is 0 Å². The van der Waals surface area contributed by atoms with E-state index in [2.05, 4.69) is 147 Å². The quantitative estimate of drug-likeness (QED) is 0.186. The number of thiophene rings is 1. The Labute approximate surface area is 228 Å². The maximum Gasteiger partial charge on any atom is 0.261 e. The van der Waals surface area contributed by atoms with E-state index in [1.54, 1.807) is 11.3 Å². The number of hydrogen-bond donors (Lipinski definition) is 0. The summed E-state index contributed by atoms with van der Waals surface area (Å²) in [5, 5.41) is 4.76. The van der Waals surface area contributed by atoms with Gasteiger partial charge in [-0.2, -0.15) is 0 Å². The minimum absolute atomic E-state index is 0.0121. The molecule has 0 N–H and O–H groups in total. The summed E-state index contributed by atoms with van der Waals surface area (Å²) >= 11 is 1.76. The van der Waals surface area contributed by atoms with E-state index in [1.165, 1.54) is 26.5 Å². The fraction of sp³-hybridized carbons (Fsp3) is 0.273. The second kappa shape index (κ2) is 12.5. The van der Waals surface area contributed by atoms with Gasteiger partial charge in [-0.05, 0) is 57.1 Å². The van der Waals surface area contributed by atoms with Crippen LogP contribution in [0.4, 0.5) is 5.69 Å². The van der Waals surface area contributed by atoms with Crippen LogP contribution in [0, 0.1) is 0 Å². The minimum Gasteiger partial charge on any atom is -0.406 e. The molecule has 0 bridgehead atoms. The van der Waals surface area contributed by atoms with Crippen LogP contribution in [0.2, 0.25) is 5.04 Å². The summed E-state index contributed by atoms with van der Waals surface area (Å²) in [5.74, 6) is 0. The van der Waals surface area contributed by atoms with E-state index in [9.17, 15) is 0 Å². The Kier molecular flexibility index (Phi) is 9.20. The first-order chi connectivity index (χ1) is 17.9. The van der Waals surface area contributed by atoms with Crippen molar-refractivity contribution in [2.24, 2.45) is 0 Å². The lowest BCUT2D eigenvalue weighted by Crippen LogP contribution is -2.67. The second-order valence-electron chi connectivity index (χ2n) is 10.4. The van der Waals surface area contributed by atoms with Crippen LogP contribution in [0.1, 0.15) is 44.6 Å². The molecule has 4 heteroatoms. The first-order valence-corrected chi connectivity index (χ1v) is 16.0. The molecule has 2 nitrogen and oxygen atoms in total. The Hall–Kier alpha value is -2.92. The van der Waals surface area contributed by atoms with Gasteiger partial charge in [-0.3, -0.25) is 0 Å². The second-order valence-corrected chi connectivity index (χ2v) is 15.7. The molecule has 37 heavy (non-hydrogen) atoms.